The lowest BCUT2D eigenvalue weighted by atomic mass is 10.4. The van der Waals surface area contributed by atoms with Crippen LogP contribution in [0.1, 0.15) is 31.4 Å². The van der Waals surface area contributed by atoms with Crippen LogP contribution in [0.3, 0.4) is 0 Å². The van der Waals surface area contributed by atoms with Crippen molar-refractivity contribution in [2.24, 2.45) is 5.73 Å². The first-order valence-electron chi connectivity index (χ1n) is 5.89. The van der Waals surface area contributed by atoms with Crippen molar-refractivity contribution in [1.29, 1.82) is 0 Å². The zero-order valence-corrected chi connectivity index (χ0v) is 11.4. The van der Waals surface area contributed by atoms with Crippen LogP contribution < -0.4 is 5.73 Å². The summed E-state index contributed by atoms with van der Waals surface area (Å²) in [5.41, 5.74) is 6.70. The van der Waals surface area contributed by atoms with E-state index in [4.69, 9.17) is 5.73 Å². The van der Waals surface area contributed by atoms with Crippen LogP contribution in [0, 0.1) is 0 Å². The van der Waals surface area contributed by atoms with Gasteiger partial charge in [0.25, 0.3) is 0 Å². The van der Waals surface area contributed by atoms with E-state index < -0.39 is 0 Å². The summed E-state index contributed by atoms with van der Waals surface area (Å²) in [6.45, 7) is 4.62. The molecule has 0 bridgehead atoms. The molecule has 6 heteroatoms. The van der Waals surface area contributed by atoms with Gasteiger partial charge in [-0.15, -0.1) is 10.2 Å². The van der Waals surface area contributed by atoms with Gasteiger partial charge in [-0.05, 0) is 26.0 Å². The van der Waals surface area contributed by atoms with Crippen molar-refractivity contribution in [2.75, 3.05) is 0 Å². The van der Waals surface area contributed by atoms with Gasteiger partial charge in [0.1, 0.15) is 5.82 Å². The van der Waals surface area contributed by atoms with E-state index in [0.29, 0.717) is 12.6 Å². The molecule has 0 radical (unpaired) electrons. The third-order valence-electron chi connectivity index (χ3n) is 2.51. The standard InChI is InChI=1S/C12H17N5S/c1-9(2)17-11(7-13)15-16-12(17)18-8-10-5-3-4-6-14-10/h3-6,9H,7-8,13H2,1-2H3. The minimum atomic E-state index is 0.310. The summed E-state index contributed by atoms with van der Waals surface area (Å²) in [5.74, 6) is 1.62. The van der Waals surface area contributed by atoms with E-state index in [2.05, 4.69) is 33.6 Å². The van der Waals surface area contributed by atoms with Crippen LogP contribution in [-0.4, -0.2) is 19.7 Å². The van der Waals surface area contributed by atoms with Gasteiger partial charge >= 0.3 is 0 Å². The number of rotatable bonds is 5. The number of nitrogens with two attached hydrogens (primary N) is 1. The molecule has 0 aliphatic rings. The van der Waals surface area contributed by atoms with E-state index in [9.17, 15) is 0 Å². The summed E-state index contributed by atoms with van der Waals surface area (Å²) in [6, 6.07) is 6.22. The van der Waals surface area contributed by atoms with Gasteiger partial charge < -0.3 is 10.3 Å². The molecule has 0 atom stereocenters. The average molecular weight is 263 g/mol. The number of hydrogen-bond acceptors (Lipinski definition) is 5. The summed E-state index contributed by atoms with van der Waals surface area (Å²) < 4.78 is 2.08. The minimum Gasteiger partial charge on any atom is -0.324 e. The van der Waals surface area contributed by atoms with Crippen LogP contribution in [0.25, 0.3) is 0 Å². The van der Waals surface area contributed by atoms with Crippen molar-refractivity contribution in [2.45, 2.75) is 37.3 Å². The molecule has 2 N–H and O–H groups in total. The molecule has 0 unspecified atom stereocenters. The zero-order chi connectivity index (χ0) is 13.0. The summed E-state index contributed by atoms with van der Waals surface area (Å²) in [6.07, 6.45) is 1.80. The zero-order valence-electron chi connectivity index (χ0n) is 10.6. The van der Waals surface area contributed by atoms with Crippen LogP contribution >= 0.6 is 11.8 Å². The molecule has 0 saturated carbocycles. The second-order valence-electron chi connectivity index (χ2n) is 4.18. The second kappa shape index (κ2) is 5.97. The maximum atomic E-state index is 5.66. The Labute approximate surface area is 111 Å². The van der Waals surface area contributed by atoms with Crippen molar-refractivity contribution < 1.29 is 0 Å². The Balaban J connectivity index is 2.12. The van der Waals surface area contributed by atoms with Crippen molar-refractivity contribution in [1.82, 2.24) is 19.7 Å². The van der Waals surface area contributed by atoms with E-state index >= 15 is 0 Å². The third kappa shape index (κ3) is 2.88. The van der Waals surface area contributed by atoms with Gasteiger partial charge in [0.05, 0.1) is 12.2 Å². The molecule has 2 aromatic rings. The quantitative estimate of drug-likeness (QED) is 0.836. The smallest absolute Gasteiger partial charge is 0.191 e. The topological polar surface area (TPSA) is 69.6 Å². The number of nitrogens with zero attached hydrogens (tertiary/aromatic N) is 4. The Bertz CT molecular complexity index is 494. The van der Waals surface area contributed by atoms with Crippen LogP contribution in [-0.2, 0) is 12.3 Å². The minimum absolute atomic E-state index is 0.310. The molecule has 2 heterocycles. The second-order valence-corrected chi connectivity index (χ2v) is 5.12. The Morgan fingerprint density at radius 3 is 2.78 bits per heavy atom. The van der Waals surface area contributed by atoms with Crippen LogP contribution in [0.15, 0.2) is 29.6 Å². The van der Waals surface area contributed by atoms with Crippen molar-refractivity contribution in [3.05, 3.63) is 35.9 Å². The van der Waals surface area contributed by atoms with Gasteiger partial charge in [-0.1, -0.05) is 17.8 Å². The monoisotopic (exact) mass is 263 g/mol. The molecule has 0 saturated heterocycles. The summed E-state index contributed by atoms with van der Waals surface area (Å²) in [5, 5.41) is 9.21. The molecular weight excluding hydrogens is 246 g/mol. The molecule has 0 aliphatic carbocycles. The van der Waals surface area contributed by atoms with Gasteiger partial charge in [-0.25, -0.2) is 0 Å². The molecule has 0 aliphatic heterocycles. The summed E-state index contributed by atoms with van der Waals surface area (Å²) >= 11 is 1.64. The first kappa shape index (κ1) is 13.0. The molecule has 0 spiro atoms. The van der Waals surface area contributed by atoms with Crippen molar-refractivity contribution in [3.63, 3.8) is 0 Å². The normalized spacial score (nSPS) is 11.1. The fourth-order valence-electron chi connectivity index (χ4n) is 1.69. The highest BCUT2D eigenvalue weighted by Crippen LogP contribution is 2.24. The lowest BCUT2D eigenvalue weighted by Gasteiger charge is -2.12. The Morgan fingerprint density at radius 2 is 2.17 bits per heavy atom. The van der Waals surface area contributed by atoms with Gasteiger partial charge in [0.15, 0.2) is 5.16 Å². The molecule has 2 rings (SSSR count). The third-order valence-corrected chi connectivity index (χ3v) is 3.49. The van der Waals surface area contributed by atoms with E-state index in [1.165, 1.54) is 0 Å². The van der Waals surface area contributed by atoms with Crippen molar-refractivity contribution in [3.8, 4) is 0 Å². The number of pyridine rings is 1. The molecule has 0 aromatic carbocycles. The maximum absolute atomic E-state index is 5.66. The fourth-order valence-corrected chi connectivity index (χ4v) is 2.69. The highest BCUT2D eigenvalue weighted by molar-refractivity contribution is 7.98. The van der Waals surface area contributed by atoms with E-state index in [1.807, 2.05) is 18.2 Å². The van der Waals surface area contributed by atoms with Crippen molar-refractivity contribution >= 4 is 11.8 Å². The van der Waals surface area contributed by atoms with E-state index in [1.54, 1.807) is 18.0 Å². The SMILES string of the molecule is CC(C)n1c(CN)nnc1SCc1ccccn1. The highest BCUT2D eigenvalue weighted by atomic mass is 32.2. The Morgan fingerprint density at radius 1 is 1.33 bits per heavy atom. The largest absolute Gasteiger partial charge is 0.324 e. The highest BCUT2D eigenvalue weighted by Gasteiger charge is 2.14. The van der Waals surface area contributed by atoms with Gasteiger partial charge in [0.2, 0.25) is 0 Å². The van der Waals surface area contributed by atoms with Crippen LogP contribution in [0.5, 0.6) is 0 Å². The lowest BCUT2D eigenvalue weighted by molar-refractivity contribution is 0.526. The molecule has 5 nitrogen and oxygen atoms in total. The number of thioether (sulfide) groups is 1. The lowest BCUT2D eigenvalue weighted by Crippen LogP contribution is -2.11. The fraction of sp³-hybridized carbons (Fsp3) is 0.417. The molecule has 18 heavy (non-hydrogen) atoms. The predicted octanol–water partition coefficient (Wildman–Crippen LogP) is 2.00. The average Bonchev–Trinajstić information content (AvgIpc) is 2.80. The Kier molecular flexibility index (Phi) is 4.33. The number of hydrogen-bond donors (Lipinski definition) is 1. The van der Waals surface area contributed by atoms with E-state index in [0.717, 1.165) is 22.4 Å². The maximum Gasteiger partial charge on any atom is 0.191 e. The first-order chi connectivity index (χ1) is 8.72. The molecular formula is C12H17N5S. The summed E-state index contributed by atoms with van der Waals surface area (Å²) in [7, 11) is 0. The van der Waals surface area contributed by atoms with E-state index in [-0.39, 0.29) is 0 Å². The molecule has 0 amide bonds. The molecule has 2 aromatic heterocycles. The van der Waals surface area contributed by atoms with Gasteiger partial charge in [-0.3, -0.25) is 4.98 Å². The summed E-state index contributed by atoms with van der Waals surface area (Å²) in [4.78, 5) is 4.29. The Hall–Kier alpha value is -1.40. The first-order valence-corrected chi connectivity index (χ1v) is 6.87. The van der Waals surface area contributed by atoms with Gasteiger partial charge in [-0.2, -0.15) is 0 Å². The molecule has 0 fully saturated rings. The van der Waals surface area contributed by atoms with Crippen LogP contribution in [0.2, 0.25) is 0 Å². The van der Waals surface area contributed by atoms with Gasteiger partial charge in [0, 0.05) is 18.0 Å². The van der Waals surface area contributed by atoms with Crippen LogP contribution in [0.4, 0.5) is 0 Å². The predicted molar refractivity (Wildman–Crippen MR) is 72.1 cm³/mol. The molecule has 96 valence electrons. The number of aromatic nitrogens is 4.